The number of hydrogen-bond acceptors (Lipinski definition) is 7. The number of nitrogens with one attached hydrogen (secondary N) is 1. The number of aliphatic hydroxyl groups excluding tert-OH is 1. The topological polar surface area (TPSA) is 101 Å². The Morgan fingerprint density at radius 3 is 2.72 bits per heavy atom. The summed E-state index contributed by atoms with van der Waals surface area (Å²) in [4.78, 5) is 0. The Balaban J connectivity index is 1.45. The number of ether oxygens (including phenoxy) is 1. The van der Waals surface area contributed by atoms with Gasteiger partial charge in [0.15, 0.2) is 0 Å². The van der Waals surface area contributed by atoms with Crippen LogP contribution < -0.4 is 10.1 Å². The van der Waals surface area contributed by atoms with E-state index in [1.54, 1.807) is 30.3 Å². The lowest BCUT2D eigenvalue weighted by molar-refractivity contribution is 0.104. The zero-order chi connectivity index (χ0) is 20.6. The van der Waals surface area contributed by atoms with Crippen LogP contribution in [0.1, 0.15) is 18.9 Å². The van der Waals surface area contributed by atoms with Gasteiger partial charge >= 0.3 is 0 Å². The van der Waals surface area contributed by atoms with E-state index < -0.39 is 6.10 Å². The van der Waals surface area contributed by atoms with Gasteiger partial charge in [-0.1, -0.05) is 23.7 Å². The predicted octanol–water partition coefficient (Wildman–Crippen LogP) is 3.45. The standard InChI is InChI=1S/C21H24ClN3O4/c1-14(2-3-15-4-7-17(26)8-5-15)23-11-18(27)12-28-20-10-16(22)6-9-19(20)21-25-24-13-29-21/h4-10,13-14,18,23,26-27H,2-3,11-12H2,1H3. The second-order valence-corrected chi connectivity index (χ2v) is 7.30. The highest BCUT2D eigenvalue weighted by Gasteiger charge is 2.14. The van der Waals surface area contributed by atoms with Gasteiger partial charge in [0.25, 0.3) is 5.89 Å². The van der Waals surface area contributed by atoms with E-state index in [-0.39, 0.29) is 18.4 Å². The molecule has 154 valence electrons. The SMILES string of the molecule is CC(CCc1ccc(O)cc1)NCC(O)COc1cc(Cl)ccc1-c1nnco1. The third-order valence-corrected chi connectivity index (χ3v) is 4.70. The molecule has 0 amide bonds. The van der Waals surface area contributed by atoms with Gasteiger partial charge in [0.1, 0.15) is 24.2 Å². The van der Waals surface area contributed by atoms with Crippen molar-refractivity contribution in [2.24, 2.45) is 0 Å². The number of hydrogen-bond donors (Lipinski definition) is 3. The van der Waals surface area contributed by atoms with Gasteiger partial charge in [0, 0.05) is 17.6 Å². The zero-order valence-corrected chi connectivity index (χ0v) is 16.8. The molecule has 3 N–H and O–H groups in total. The highest BCUT2D eigenvalue weighted by molar-refractivity contribution is 6.30. The monoisotopic (exact) mass is 417 g/mol. The molecule has 2 atom stereocenters. The molecule has 1 aromatic heterocycles. The average molecular weight is 418 g/mol. The molecule has 0 spiro atoms. The Morgan fingerprint density at radius 2 is 2.00 bits per heavy atom. The van der Waals surface area contributed by atoms with Gasteiger partial charge < -0.3 is 24.7 Å². The highest BCUT2D eigenvalue weighted by atomic mass is 35.5. The number of phenolic OH excluding ortho intramolecular Hbond substituents is 1. The van der Waals surface area contributed by atoms with E-state index in [9.17, 15) is 10.2 Å². The first kappa shape index (κ1) is 21.1. The van der Waals surface area contributed by atoms with Gasteiger partial charge in [-0.05, 0) is 55.7 Å². The van der Waals surface area contributed by atoms with Crippen LogP contribution in [0.3, 0.4) is 0 Å². The lowest BCUT2D eigenvalue weighted by Crippen LogP contribution is -2.36. The van der Waals surface area contributed by atoms with Gasteiger partial charge in [0.2, 0.25) is 6.39 Å². The molecule has 3 aromatic rings. The summed E-state index contributed by atoms with van der Waals surface area (Å²) in [6, 6.07) is 12.5. The summed E-state index contributed by atoms with van der Waals surface area (Å²) in [6.45, 7) is 2.56. The number of benzene rings is 2. The molecule has 0 aliphatic carbocycles. The minimum Gasteiger partial charge on any atom is -0.508 e. The van der Waals surface area contributed by atoms with Crippen molar-refractivity contribution in [2.45, 2.75) is 31.9 Å². The van der Waals surface area contributed by atoms with Crippen LogP contribution in [-0.2, 0) is 6.42 Å². The summed E-state index contributed by atoms with van der Waals surface area (Å²) in [5.74, 6) is 1.07. The molecule has 2 aromatic carbocycles. The number of phenols is 1. The summed E-state index contributed by atoms with van der Waals surface area (Å²) < 4.78 is 11.0. The number of nitrogens with zero attached hydrogens (tertiary/aromatic N) is 2. The van der Waals surface area contributed by atoms with Crippen LogP contribution in [0.2, 0.25) is 5.02 Å². The van der Waals surface area contributed by atoms with Crippen molar-refractivity contribution in [3.05, 3.63) is 59.4 Å². The van der Waals surface area contributed by atoms with Crippen LogP contribution >= 0.6 is 11.6 Å². The zero-order valence-electron chi connectivity index (χ0n) is 16.1. The Hall–Kier alpha value is -2.61. The maximum Gasteiger partial charge on any atom is 0.251 e. The first-order valence-corrected chi connectivity index (χ1v) is 9.77. The normalized spacial score (nSPS) is 13.2. The molecule has 0 bridgehead atoms. The lowest BCUT2D eigenvalue weighted by Gasteiger charge is -2.18. The molecular formula is C21H24ClN3O4. The van der Waals surface area contributed by atoms with Crippen molar-refractivity contribution in [3.63, 3.8) is 0 Å². The van der Waals surface area contributed by atoms with E-state index in [4.69, 9.17) is 20.8 Å². The van der Waals surface area contributed by atoms with Crippen molar-refractivity contribution in [3.8, 4) is 23.0 Å². The molecule has 0 fully saturated rings. The van der Waals surface area contributed by atoms with Crippen molar-refractivity contribution >= 4 is 11.6 Å². The van der Waals surface area contributed by atoms with Crippen molar-refractivity contribution in [1.82, 2.24) is 15.5 Å². The number of halogens is 1. The van der Waals surface area contributed by atoms with Crippen molar-refractivity contribution in [2.75, 3.05) is 13.2 Å². The maximum absolute atomic E-state index is 10.3. The van der Waals surface area contributed by atoms with Gasteiger partial charge in [-0.2, -0.15) is 0 Å². The molecule has 7 nitrogen and oxygen atoms in total. The van der Waals surface area contributed by atoms with Crippen LogP contribution in [-0.4, -0.2) is 45.7 Å². The average Bonchev–Trinajstić information content (AvgIpc) is 3.25. The van der Waals surface area contributed by atoms with Gasteiger partial charge in [-0.15, -0.1) is 10.2 Å². The fourth-order valence-corrected chi connectivity index (χ4v) is 2.97. The molecule has 0 saturated heterocycles. The number of aromatic hydroxyl groups is 1. The van der Waals surface area contributed by atoms with Crippen LogP contribution in [0.15, 0.2) is 53.3 Å². The quantitative estimate of drug-likeness (QED) is 0.464. The molecule has 2 unspecified atom stereocenters. The predicted molar refractivity (Wildman–Crippen MR) is 110 cm³/mol. The van der Waals surface area contributed by atoms with Crippen LogP contribution in [0, 0.1) is 0 Å². The largest absolute Gasteiger partial charge is 0.508 e. The minimum atomic E-state index is -0.694. The van der Waals surface area contributed by atoms with Gasteiger partial charge in [0.05, 0.1) is 5.56 Å². The third-order valence-electron chi connectivity index (χ3n) is 4.47. The third kappa shape index (κ3) is 6.45. The molecule has 0 aliphatic rings. The van der Waals surface area contributed by atoms with E-state index in [0.717, 1.165) is 18.4 Å². The molecule has 1 heterocycles. The van der Waals surface area contributed by atoms with Crippen molar-refractivity contribution < 1.29 is 19.4 Å². The number of aryl methyl sites for hydroxylation is 1. The Morgan fingerprint density at radius 1 is 1.21 bits per heavy atom. The number of aliphatic hydroxyl groups is 1. The fourth-order valence-electron chi connectivity index (χ4n) is 2.81. The van der Waals surface area contributed by atoms with Crippen LogP contribution in [0.25, 0.3) is 11.5 Å². The van der Waals surface area contributed by atoms with Gasteiger partial charge in [-0.3, -0.25) is 0 Å². The first-order valence-electron chi connectivity index (χ1n) is 9.39. The van der Waals surface area contributed by atoms with Crippen LogP contribution in [0.5, 0.6) is 11.5 Å². The lowest BCUT2D eigenvalue weighted by atomic mass is 10.1. The smallest absolute Gasteiger partial charge is 0.251 e. The molecule has 0 aliphatic heterocycles. The molecule has 8 heteroatoms. The molecule has 29 heavy (non-hydrogen) atoms. The molecule has 0 radical (unpaired) electrons. The summed E-state index contributed by atoms with van der Waals surface area (Å²) in [6.07, 6.45) is 2.34. The van der Waals surface area contributed by atoms with E-state index in [1.165, 1.54) is 6.39 Å². The molecular weight excluding hydrogens is 394 g/mol. The van der Waals surface area contributed by atoms with Crippen molar-refractivity contribution in [1.29, 1.82) is 0 Å². The molecule has 0 saturated carbocycles. The van der Waals surface area contributed by atoms with E-state index in [0.29, 0.717) is 28.8 Å². The maximum atomic E-state index is 10.3. The summed E-state index contributed by atoms with van der Waals surface area (Å²) >= 11 is 6.05. The van der Waals surface area contributed by atoms with E-state index >= 15 is 0 Å². The second-order valence-electron chi connectivity index (χ2n) is 6.86. The Kier molecular flexibility index (Phi) is 7.46. The number of rotatable bonds is 10. The Bertz CT molecular complexity index is 887. The van der Waals surface area contributed by atoms with E-state index in [2.05, 4.69) is 22.4 Å². The second kappa shape index (κ2) is 10.2. The highest BCUT2D eigenvalue weighted by Crippen LogP contribution is 2.31. The van der Waals surface area contributed by atoms with Crippen LogP contribution in [0.4, 0.5) is 0 Å². The van der Waals surface area contributed by atoms with E-state index in [1.807, 2.05) is 12.1 Å². The van der Waals surface area contributed by atoms with Gasteiger partial charge in [-0.25, -0.2) is 0 Å². The fraction of sp³-hybridized carbons (Fsp3) is 0.333. The minimum absolute atomic E-state index is 0.0964. The first-order chi connectivity index (χ1) is 14.0. The number of aromatic nitrogens is 2. The molecule has 3 rings (SSSR count). The Labute approximate surface area is 174 Å². The summed E-state index contributed by atoms with van der Waals surface area (Å²) in [7, 11) is 0. The summed E-state index contributed by atoms with van der Waals surface area (Å²) in [5.41, 5.74) is 1.78. The summed E-state index contributed by atoms with van der Waals surface area (Å²) in [5, 5.41) is 31.0.